The number of guanidine groups is 1. The summed E-state index contributed by atoms with van der Waals surface area (Å²) in [4.78, 5) is 8.62. The second-order valence-corrected chi connectivity index (χ2v) is 6.61. The molecule has 27 heavy (non-hydrogen) atoms. The number of aromatic nitrogens is 1. The number of hydrogen-bond acceptors (Lipinski definition) is 3. The lowest BCUT2D eigenvalue weighted by Crippen LogP contribution is -2.37. The molecule has 5 nitrogen and oxygen atoms in total. The van der Waals surface area contributed by atoms with E-state index in [0.29, 0.717) is 12.6 Å². The third kappa shape index (κ3) is 7.36. The van der Waals surface area contributed by atoms with Crippen molar-refractivity contribution < 1.29 is 4.74 Å². The van der Waals surface area contributed by atoms with Gasteiger partial charge in [-0.25, -0.2) is 4.98 Å². The van der Waals surface area contributed by atoms with Crippen LogP contribution < -0.4 is 15.4 Å². The molecule has 0 bridgehead atoms. The van der Waals surface area contributed by atoms with Crippen LogP contribution in [0.1, 0.15) is 36.8 Å². The molecule has 0 spiro atoms. The second kappa shape index (κ2) is 11.8. The number of nitrogens with zero attached hydrogens (tertiary/aromatic N) is 2. The maximum Gasteiger partial charge on any atom is 0.213 e. The molecule has 0 amide bonds. The summed E-state index contributed by atoms with van der Waals surface area (Å²) < 4.78 is 5.98. The van der Waals surface area contributed by atoms with Crippen molar-refractivity contribution >= 4 is 29.9 Å². The number of ether oxygens (including phenoxy) is 1. The predicted molar refractivity (Wildman–Crippen MR) is 121 cm³/mol. The molecule has 2 N–H and O–H groups in total. The van der Waals surface area contributed by atoms with E-state index in [1.165, 1.54) is 18.4 Å². The molecule has 1 aliphatic rings. The maximum absolute atomic E-state index is 5.98. The van der Waals surface area contributed by atoms with E-state index in [9.17, 15) is 0 Å². The molecule has 0 atom stereocenters. The number of rotatable bonds is 7. The first-order chi connectivity index (χ1) is 12.8. The Kier molecular flexibility index (Phi) is 9.38. The van der Waals surface area contributed by atoms with Crippen molar-refractivity contribution in [3.8, 4) is 5.88 Å². The first kappa shape index (κ1) is 21.5. The first-order valence-electron chi connectivity index (χ1n) is 9.43. The number of pyridine rings is 1. The Balaban J connectivity index is 0.00000261. The Morgan fingerprint density at radius 1 is 1.11 bits per heavy atom. The van der Waals surface area contributed by atoms with Gasteiger partial charge in [-0.1, -0.05) is 30.3 Å². The van der Waals surface area contributed by atoms with Gasteiger partial charge in [0.25, 0.3) is 0 Å². The summed E-state index contributed by atoms with van der Waals surface area (Å²) in [5.74, 6) is 1.53. The Morgan fingerprint density at radius 3 is 2.63 bits per heavy atom. The number of hydrogen-bond donors (Lipinski definition) is 2. The van der Waals surface area contributed by atoms with Crippen molar-refractivity contribution in [1.29, 1.82) is 0 Å². The zero-order valence-corrected chi connectivity index (χ0v) is 18.2. The first-order valence-corrected chi connectivity index (χ1v) is 9.43. The summed E-state index contributed by atoms with van der Waals surface area (Å²) in [5.41, 5.74) is 2.46. The van der Waals surface area contributed by atoms with E-state index in [1.807, 2.05) is 24.4 Å². The molecule has 1 saturated carbocycles. The number of nitrogens with one attached hydrogen (secondary N) is 2. The van der Waals surface area contributed by atoms with Crippen LogP contribution in [-0.4, -0.2) is 30.6 Å². The van der Waals surface area contributed by atoms with E-state index in [2.05, 4.69) is 44.9 Å². The van der Waals surface area contributed by atoms with E-state index in [1.54, 1.807) is 7.05 Å². The van der Waals surface area contributed by atoms with Crippen LogP contribution in [0.5, 0.6) is 5.88 Å². The zero-order valence-electron chi connectivity index (χ0n) is 15.9. The minimum absolute atomic E-state index is 0. The van der Waals surface area contributed by atoms with Gasteiger partial charge in [0.05, 0.1) is 0 Å². The summed E-state index contributed by atoms with van der Waals surface area (Å²) >= 11 is 0. The molecule has 6 heteroatoms. The summed E-state index contributed by atoms with van der Waals surface area (Å²) in [7, 11) is 1.79. The summed E-state index contributed by atoms with van der Waals surface area (Å²) in [6.07, 6.45) is 7.92. The average Bonchev–Trinajstić information content (AvgIpc) is 3.18. The topological polar surface area (TPSA) is 58.5 Å². The van der Waals surface area contributed by atoms with Gasteiger partial charge < -0.3 is 15.4 Å². The van der Waals surface area contributed by atoms with E-state index < -0.39 is 0 Å². The van der Waals surface area contributed by atoms with Gasteiger partial charge in [-0.3, -0.25) is 4.99 Å². The number of aliphatic imine (C=N–C) groups is 1. The second-order valence-electron chi connectivity index (χ2n) is 6.61. The molecule has 0 radical (unpaired) electrons. The van der Waals surface area contributed by atoms with Crippen molar-refractivity contribution in [2.75, 3.05) is 13.6 Å². The Hall–Kier alpha value is -1.83. The minimum Gasteiger partial charge on any atom is -0.474 e. The third-order valence-electron chi connectivity index (χ3n) is 4.62. The largest absolute Gasteiger partial charge is 0.474 e. The lowest BCUT2D eigenvalue weighted by molar-refractivity contribution is 0.201. The van der Waals surface area contributed by atoms with Crippen LogP contribution in [0.2, 0.25) is 0 Å². The van der Waals surface area contributed by atoms with Gasteiger partial charge in [0.2, 0.25) is 5.88 Å². The molecule has 1 aromatic carbocycles. The molecule has 0 aliphatic heterocycles. The quantitative estimate of drug-likeness (QED) is 0.358. The van der Waals surface area contributed by atoms with Gasteiger partial charge in [-0.05, 0) is 49.3 Å². The zero-order chi connectivity index (χ0) is 18.0. The van der Waals surface area contributed by atoms with Crippen molar-refractivity contribution in [1.82, 2.24) is 15.6 Å². The molecule has 0 saturated heterocycles. The van der Waals surface area contributed by atoms with Gasteiger partial charge in [-0.15, -0.1) is 24.0 Å². The van der Waals surface area contributed by atoms with Crippen molar-refractivity contribution in [2.45, 2.75) is 44.8 Å². The fraction of sp³-hybridized carbons (Fsp3) is 0.429. The van der Waals surface area contributed by atoms with Crippen LogP contribution in [0.25, 0.3) is 0 Å². The molecule has 1 aliphatic carbocycles. The Morgan fingerprint density at radius 2 is 1.89 bits per heavy atom. The summed E-state index contributed by atoms with van der Waals surface area (Å²) in [5, 5.41) is 6.70. The van der Waals surface area contributed by atoms with Crippen LogP contribution in [0.15, 0.2) is 53.7 Å². The molecule has 3 rings (SSSR count). The van der Waals surface area contributed by atoms with E-state index in [4.69, 9.17) is 4.74 Å². The number of halogens is 1. The van der Waals surface area contributed by atoms with Gasteiger partial charge in [0.15, 0.2) is 5.96 Å². The van der Waals surface area contributed by atoms with Crippen LogP contribution >= 0.6 is 24.0 Å². The van der Waals surface area contributed by atoms with E-state index >= 15 is 0 Å². The normalized spacial score (nSPS) is 14.5. The van der Waals surface area contributed by atoms with Gasteiger partial charge in [0.1, 0.15) is 6.10 Å². The highest BCUT2D eigenvalue weighted by molar-refractivity contribution is 14.0. The predicted octanol–water partition coefficient (Wildman–Crippen LogP) is 3.93. The number of benzene rings is 1. The smallest absolute Gasteiger partial charge is 0.213 e. The standard InChI is InChI=1S/C21H28N4O.HI/c1-22-21(24-14-11-17-7-3-2-4-8-17)25-16-18-12-13-23-20(15-18)26-19-9-5-6-10-19;/h2-4,7-8,12-13,15,19H,5-6,9-11,14,16H2,1H3,(H2,22,24,25);1H. The van der Waals surface area contributed by atoms with Crippen LogP contribution in [0.3, 0.4) is 0 Å². The molecule has 1 aromatic heterocycles. The van der Waals surface area contributed by atoms with Crippen LogP contribution in [-0.2, 0) is 13.0 Å². The lowest BCUT2D eigenvalue weighted by atomic mass is 10.1. The van der Waals surface area contributed by atoms with E-state index in [-0.39, 0.29) is 24.0 Å². The summed E-state index contributed by atoms with van der Waals surface area (Å²) in [6.45, 7) is 1.53. The molecule has 2 aromatic rings. The summed E-state index contributed by atoms with van der Waals surface area (Å²) in [6, 6.07) is 14.5. The maximum atomic E-state index is 5.98. The fourth-order valence-electron chi connectivity index (χ4n) is 3.18. The van der Waals surface area contributed by atoms with E-state index in [0.717, 1.165) is 43.2 Å². The van der Waals surface area contributed by atoms with Crippen LogP contribution in [0, 0.1) is 0 Å². The van der Waals surface area contributed by atoms with Crippen molar-refractivity contribution in [2.24, 2.45) is 4.99 Å². The van der Waals surface area contributed by atoms with Crippen molar-refractivity contribution in [3.63, 3.8) is 0 Å². The fourth-order valence-corrected chi connectivity index (χ4v) is 3.18. The highest BCUT2D eigenvalue weighted by Gasteiger charge is 2.17. The SMILES string of the molecule is CN=C(NCCc1ccccc1)NCc1ccnc(OC2CCCC2)c1.I. The van der Waals surface area contributed by atoms with Crippen molar-refractivity contribution in [3.05, 3.63) is 59.8 Å². The minimum atomic E-state index is 0. The van der Waals surface area contributed by atoms with Gasteiger partial charge in [0, 0.05) is 32.4 Å². The molecule has 1 heterocycles. The molecular formula is C21H29IN4O. The lowest BCUT2D eigenvalue weighted by Gasteiger charge is -2.14. The molecular weight excluding hydrogens is 451 g/mol. The van der Waals surface area contributed by atoms with Gasteiger partial charge >= 0.3 is 0 Å². The molecule has 1 fully saturated rings. The van der Waals surface area contributed by atoms with Gasteiger partial charge in [-0.2, -0.15) is 0 Å². The Bertz CT molecular complexity index is 702. The monoisotopic (exact) mass is 480 g/mol. The highest BCUT2D eigenvalue weighted by atomic mass is 127. The van der Waals surface area contributed by atoms with Crippen LogP contribution in [0.4, 0.5) is 0 Å². The average molecular weight is 480 g/mol. The molecule has 0 unspecified atom stereocenters. The molecule has 146 valence electrons. The Labute approximate surface area is 179 Å². The highest BCUT2D eigenvalue weighted by Crippen LogP contribution is 2.23. The third-order valence-corrected chi connectivity index (χ3v) is 4.62.